The molecule has 0 bridgehead atoms. The van der Waals surface area contributed by atoms with Crippen LogP contribution in [0.25, 0.3) is 46.4 Å². The number of thiazole rings is 2. The number of amides is 2. The zero-order valence-corrected chi connectivity index (χ0v) is 51.6. The Morgan fingerprint density at radius 2 is 1.11 bits per heavy atom. The summed E-state index contributed by atoms with van der Waals surface area (Å²) in [6, 6.07) is 40.2. The fraction of sp³-hybridized carbons (Fsp3) is 0.258. The maximum Gasteiger partial charge on any atom is 0.492 e. The summed E-state index contributed by atoms with van der Waals surface area (Å²) in [7, 11) is -0.481. The monoisotopic (exact) mass is 1310 g/mol. The van der Waals surface area contributed by atoms with Crippen LogP contribution in [0.4, 0.5) is 32.3 Å². The first kappa shape index (κ1) is 56.3. The number of rotatable bonds is 10. The Morgan fingerprint density at radius 3 is 1.63 bits per heavy atom. The number of benzene rings is 4. The Labute approximate surface area is 514 Å². The lowest BCUT2D eigenvalue weighted by molar-refractivity contribution is -0.0996. The molecule has 22 heteroatoms. The summed E-state index contributed by atoms with van der Waals surface area (Å²) in [5.41, 5.74) is 12.0. The van der Waals surface area contributed by atoms with Gasteiger partial charge in [-0.05, 0) is 133 Å². The molecule has 426 valence electrons. The molecule has 5 aliphatic heterocycles. The lowest BCUT2D eigenvalue weighted by Gasteiger charge is -2.46. The molecule has 0 radical (unpaired) electrons. The molecule has 6 aromatic heterocycles. The number of fused-ring (bicyclic) bond motifs is 4. The van der Waals surface area contributed by atoms with Gasteiger partial charge in [0.2, 0.25) is 0 Å². The minimum Gasteiger partial charge on any atom is -0.445 e. The number of hydrogen-bond donors (Lipinski definition) is 2. The number of anilines is 4. The van der Waals surface area contributed by atoms with Crippen molar-refractivity contribution in [2.24, 2.45) is 0 Å². The lowest BCUT2D eigenvalue weighted by atomic mass is 9.66. The summed E-state index contributed by atoms with van der Waals surface area (Å²) in [5.74, 6) is 0. The zero-order chi connectivity index (χ0) is 57.6. The van der Waals surface area contributed by atoms with Crippen LogP contribution in [-0.2, 0) is 41.5 Å². The first-order chi connectivity index (χ1) is 40.7. The second-order valence-electron chi connectivity index (χ2n) is 21.9. The van der Waals surface area contributed by atoms with E-state index in [4.69, 9.17) is 28.3 Å². The molecule has 16 nitrogen and oxygen atoms in total. The van der Waals surface area contributed by atoms with Gasteiger partial charge >= 0.3 is 19.3 Å². The van der Waals surface area contributed by atoms with E-state index in [9.17, 15) is 9.59 Å². The van der Waals surface area contributed by atoms with Crippen LogP contribution >= 0.6 is 67.9 Å². The molecule has 3 saturated heterocycles. The number of hydrogen-bond acceptors (Lipinski definition) is 18. The molecule has 2 N–H and O–H groups in total. The highest BCUT2D eigenvalue weighted by Crippen LogP contribution is 2.48. The van der Waals surface area contributed by atoms with Crippen LogP contribution in [0.5, 0.6) is 0 Å². The quantitative estimate of drug-likeness (QED) is 0.0978. The van der Waals surface area contributed by atoms with Gasteiger partial charge in [0.25, 0.3) is 0 Å². The SMILES string of the molecule is CC1(C)OB(C2=CCN(C(=O)OCc3ccccc3)C23COC3)OC1(C)C.Ic1cc2c(Nc3ccc4scnc4c3)ccnc2s1.O=C(OCc1ccccc1)N1CC=C(c2cc3c(Nc4ccc5scnc5c4)ccnc3s2)C12COC2. The largest absolute Gasteiger partial charge is 0.492 e. The molecule has 2 spiro atoms. The van der Waals surface area contributed by atoms with Crippen molar-refractivity contribution in [3.8, 4) is 0 Å². The van der Waals surface area contributed by atoms with Crippen molar-refractivity contribution in [3.63, 3.8) is 0 Å². The number of pyridine rings is 2. The normalized spacial score (nSPS) is 17.8. The molecular weight excluding hydrogens is 1250 g/mol. The number of nitrogens with zero attached hydrogens (tertiary/aromatic N) is 6. The average Bonchev–Trinajstić information content (AvgIpc) is 2.18. The first-order valence-electron chi connectivity index (χ1n) is 27.3. The van der Waals surface area contributed by atoms with E-state index in [1.165, 1.54) is 13.0 Å². The van der Waals surface area contributed by atoms with E-state index in [-0.39, 0.29) is 25.4 Å². The molecule has 2 amide bonds. The molecule has 0 atom stereocenters. The van der Waals surface area contributed by atoms with Crippen LogP contribution in [0.1, 0.15) is 43.7 Å². The van der Waals surface area contributed by atoms with Gasteiger partial charge in [0.05, 0.1) is 83.3 Å². The number of nitrogens with one attached hydrogen (secondary N) is 2. The highest BCUT2D eigenvalue weighted by atomic mass is 127. The number of thiophene rings is 2. The van der Waals surface area contributed by atoms with Crippen molar-refractivity contribution in [2.75, 3.05) is 50.2 Å². The van der Waals surface area contributed by atoms with Gasteiger partial charge in [0.1, 0.15) is 34.0 Å². The third kappa shape index (κ3) is 11.0. The first-order valence-corrected chi connectivity index (χ1v) is 31.7. The Morgan fingerprint density at radius 1 is 0.607 bits per heavy atom. The van der Waals surface area contributed by atoms with E-state index in [1.807, 2.05) is 130 Å². The zero-order valence-electron chi connectivity index (χ0n) is 46.2. The summed E-state index contributed by atoms with van der Waals surface area (Å²) in [6.07, 6.45) is 7.15. The Kier molecular flexibility index (Phi) is 15.5. The lowest BCUT2D eigenvalue weighted by Crippen LogP contribution is -2.64. The van der Waals surface area contributed by atoms with E-state index in [0.29, 0.717) is 39.5 Å². The van der Waals surface area contributed by atoms with E-state index in [0.717, 1.165) is 80.6 Å². The number of carbonyl (C=O) groups is 2. The third-order valence-corrected chi connectivity index (χ3v) is 20.6. The predicted molar refractivity (Wildman–Crippen MR) is 344 cm³/mol. The summed E-state index contributed by atoms with van der Waals surface area (Å²) >= 11 is 8.97. The predicted octanol–water partition coefficient (Wildman–Crippen LogP) is 14.7. The second kappa shape index (κ2) is 23.2. The maximum absolute atomic E-state index is 13.1. The summed E-state index contributed by atoms with van der Waals surface area (Å²) in [5, 5.41) is 9.22. The van der Waals surface area contributed by atoms with Crippen LogP contribution in [0.2, 0.25) is 0 Å². The highest BCUT2D eigenvalue weighted by molar-refractivity contribution is 14.1. The minimum absolute atomic E-state index is 0.247. The summed E-state index contributed by atoms with van der Waals surface area (Å²) < 4.78 is 38.4. The Hall–Kier alpha value is -6.87. The molecule has 15 rings (SSSR count). The molecule has 11 heterocycles. The summed E-state index contributed by atoms with van der Waals surface area (Å²) in [6.45, 7) is 11.3. The van der Waals surface area contributed by atoms with Gasteiger partial charge < -0.3 is 38.9 Å². The van der Waals surface area contributed by atoms with Crippen molar-refractivity contribution in [1.82, 2.24) is 29.7 Å². The molecule has 0 unspecified atom stereocenters. The molecule has 0 saturated carbocycles. The second-order valence-corrected chi connectivity index (χ2v) is 27.6. The van der Waals surface area contributed by atoms with Crippen molar-refractivity contribution in [1.29, 1.82) is 0 Å². The topological polar surface area (TPSA) is 172 Å². The molecular formula is C62H56BIN8O8S4. The van der Waals surface area contributed by atoms with E-state index in [1.54, 1.807) is 55.1 Å². The van der Waals surface area contributed by atoms with Crippen molar-refractivity contribution < 1.29 is 37.8 Å². The van der Waals surface area contributed by atoms with Gasteiger partial charge in [-0.3, -0.25) is 9.80 Å². The minimum atomic E-state index is -0.533. The van der Waals surface area contributed by atoms with Crippen molar-refractivity contribution in [2.45, 2.75) is 63.2 Å². The van der Waals surface area contributed by atoms with Gasteiger partial charge in [0, 0.05) is 52.5 Å². The Bertz CT molecular complexity index is 4130. The van der Waals surface area contributed by atoms with Crippen LogP contribution in [0.3, 0.4) is 0 Å². The molecule has 84 heavy (non-hydrogen) atoms. The van der Waals surface area contributed by atoms with Gasteiger partial charge in [-0.15, -0.1) is 45.3 Å². The highest BCUT2D eigenvalue weighted by Gasteiger charge is 2.62. The fourth-order valence-electron chi connectivity index (χ4n) is 10.7. The van der Waals surface area contributed by atoms with E-state index < -0.39 is 29.4 Å². The van der Waals surface area contributed by atoms with Crippen molar-refractivity contribution in [3.05, 3.63) is 181 Å². The van der Waals surface area contributed by atoms with Gasteiger partial charge in [-0.25, -0.2) is 29.5 Å². The standard InChI is InChI=1S/C28H22N4O3S2.C20H26BNO5.C14H8IN3S2/c33-27(35-14-18-4-2-1-3-5-18)32-11-9-21(28(32)15-34-16-28)25-13-20-22(8-10-29-26(20)37-25)31-19-6-7-24-23(12-19)30-17-36-24;1-18(2)19(3,4)27-21(26-18)16-10-11-22(20(16)13-24-14-20)17(23)25-12-15-8-6-5-7-9-15;15-13-6-9-10(3-4-16-14(9)20-13)18-8-1-2-12-11(5-8)17-7-19-12/h1-10,12-13,17H,11,14-16H2,(H,29,31);5-10H,11-14H2,1-4H3;1-7H,(H,16,18). The van der Waals surface area contributed by atoms with Crippen LogP contribution in [0, 0.1) is 2.88 Å². The van der Waals surface area contributed by atoms with Crippen molar-refractivity contribution >= 4 is 156 Å². The smallest absolute Gasteiger partial charge is 0.445 e. The van der Waals surface area contributed by atoms with Crippen LogP contribution in [0.15, 0.2) is 162 Å². The Balaban J connectivity index is 0.000000123. The maximum atomic E-state index is 13.1. The summed E-state index contributed by atoms with van der Waals surface area (Å²) in [4.78, 5) is 50.3. The van der Waals surface area contributed by atoms with Crippen LogP contribution in [-0.4, -0.2) is 111 Å². The van der Waals surface area contributed by atoms with Gasteiger partial charge in [-0.2, -0.15) is 0 Å². The molecule has 4 aromatic carbocycles. The molecule has 5 aliphatic rings. The number of carbonyl (C=O) groups excluding carboxylic acids is 2. The molecule has 10 aromatic rings. The molecule has 3 fully saturated rings. The average molecular weight is 1310 g/mol. The van der Waals surface area contributed by atoms with Crippen LogP contribution < -0.4 is 10.6 Å². The van der Waals surface area contributed by atoms with Gasteiger partial charge in [0.15, 0.2) is 0 Å². The third-order valence-electron chi connectivity index (χ3n) is 16.1. The molecule has 0 aliphatic carbocycles. The number of aromatic nitrogens is 4. The van der Waals surface area contributed by atoms with E-state index in [2.05, 4.69) is 108 Å². The fourth-order valence-corrected chi connectivity index (χ4v) is 14.9. The number of ether oxygens (including phenoxy) is 4. The number of halogens is 1. The van der Waals surface area contributed by atoms with Gasteiger partial charge in [-0.1, -0.05) is 72.8 Å². The van der Waals surface area contributed by atoms with E-state index >= 15 is 0 Å².